The van der Waals surface area contributed by atoms with E-state index in [1.807, 2.05) is 0 Å². The van der Waals surface area contributed by atoms with Gasteiger partial charge in [-0.15, -0.1) is 0 Å². The Hall–Kier alpha value is 0.730. The van der Waals surface area contributed by atoms with Crippen molar-refractivity contribution < 1.29 is 0 Å². The van der Waals surface area contributed by atoms with Gasteiger partial charge >= 0.3 is 0 Å². The fourth-order valence-corrected chi connectivity index (χ4v) is 3.02. The van der Waals surface area contributed by atoms with Crippen LogP contribution in [0.2, 0.25) is 0 Å². The molecule has 0 fully saturated rings. The van der Waals surface area contributed by atoms with Crippen molar-refractivity contribution in [1.82, 2.24) is 0 Å². The van der Waals surface area contributed by atoms with Gasteiger partial charge in [-0.1, -0.05) is 94.2 Å². The number of alkyl halides is 1. The fourth-order valence-electron chi connectivity index (χ4n) is 1.96. The van der Waals surface area contributed by atoms with E-state index in [1.165, 1.54) is 68.6 Å². The summed E-state index contributed by atoms with van der Waals surface area (Å²) < 4.78 is 1.33. The topological polar surface area (TPSA) is 0 Å². The van der Waals surface area contributed by atoms with Gasteiger partial charge in [-0.25, -0.2) is 0 Å². The first-order valence-corrected chi connectivity index (χ1v) is 8.39. The normalized spacial score (nSPS) is 13.0. The Morgan fingerprint density at radius 3 is 1.87 bits per heavy atom. The molecule has 0 saturated carbocycles. The van der Waals surface area contributed by atoms with E-state index in [9.17, 15) is 0 Å². The molecule has 0 amide bonds. The molecule has 15 heavy (non-hydrogen) atoms. The third kappa shape index (κ3) is 12.7. The van der Waals surface area contributed by atoms with E-state index in [-0.39, 0.29) is 0 Å². The predicted molar refractivity (Wildman–Crippen MR) is 79.9 cm³/mol. The van der Waals surface area contributed by atoms with Crippen molar-refractivity contribution >= 4 is 22.6 Å². The van der Waals surface area contributed by atoms with E-state index >= 15 is 0 Å². The van der Waals surface area contributed by atoms with Crippen molar-refractivity contribution in [3.63, 3.8) is 0 Å². The molecule has 0 bridgehead atoms. The Morgan fingerprint density at radius 2 is 1.33 bits per heavy atom. The number of unbranched alkanes of at least 4 members (excludes halogenated alkanes) is 7. The molecule has 0 saturated heterocycles. The van der Waals surface area contributed by atoms with Crippen LogP contribution in [0.5, 0.6) is 0 Å². The minimum Gasteiger partial charge on any atom is -0.0864 e. The summed E-state index contributed by atoms with van der Waals surface area (Å²) >= 11 is 2.49. The second kappa shape index (κ2) is 12.8. The maximum atomic E-state index is 2.49. The van der Waals surface area contributed by atoms with E-state index in [1.54, 1.807) is 0 Å². The summed E-state index contributed by atoms with van der Waals surface area (Å²) in [7, 11) is 0. The average molecular weight is 324 g/mol. The Kier molecular flexibility index (Phi) is 13.4. The van der Waals surface area contributed by atoms with E-state index in [0.29, 0.717) is 0 Å². The van der Waals surface area contributed by atoms with Gasteiger partial charge < -0.3 is 0 Å². The van der Waals surface area contributed by atoms with Crippen molar-refractivity contribution in [3.8, 4) is 0 Å². The van der Waals surface area contributed by atoms with Gasteiger partial charge in [0.15, 0.2) is 0 Å². The van der Waals surface area contributed by atoms with Gasteiger partial charge in [0, 0.05) is 0 Å². The second-order valence-electron chi connectivity index (χ2n) is 4.85. The van der Waals surface area contributed by atoms with Crippen LogP contribution in [-0.2, 0) is 0 Å². The molecule has 0 spiro atoms. The number of hydrogen-bond donors (Lipinski definition) is 0. The van der Waals surface area contributed by atoms with Crippen molar-refractivity contribution in [2.75, 3.05) is 4.43 Å². The quantitative estimate of drug-likeness (QED) is 0.249. The highest BCUT2D eigenvalue weighted by molar-refractivity contribution is 14.1. The van der Waals surface area contributed by atoms with Gasteiger partial charge in [0.2, 0.25) is 0 Å². The van der Waals surface area contributed by atoms with Gasteiger partial charge in [-0.05, 0) is 16.8 Å². The number of rotatable bonds is 11. The molecule has 1 unspecified atom stereocenters. The van der Waals surface area contributed by atoms with E-state index in [4.69, 9.17) is 0 Å². The molecule has 0 aliphatic carbocycles. The van der Waals surface area contributed by atoms with E-state index in [0.717, 1.165) is 5.92 Å². The van der Waals surface area contributed by atoms with Gasteiger partial charge in [0.1, 0.15) is 0 Å². The van der Waals surface area contributed by atoms with Gasteiger partial charge in [-0.3, -0.25) is 0 Å². The molecule has 0 aliphatic rings. The molecule has 0 aromatic heterocycles. The monoisotopic (exact) mass is 324 g/mol. The lowest BCUT2D eigenvalue weighted by molar-refractivity contribution is 0.474. The van der Waals surface area contributed by atoms with Crippen molar-refractivity contribution in [1.29, 1.82) is 0 Å². The number of halogens is 1. The predicted octanol–water partition coefficient (Wildman–Crippen LogP) is 5.98. The third-order valence-corrected chi connectivity index (χ3v) is 3.78. The van der Waals surface area contributed by atoms with Crippen LogP contribution in [0.4, 0.5) is 0 Å². The zero-order valence-electron chi connectivity index (χ0n) is 10.7. The second-order valence-corrected chi connectivity index (χ2v) is 5.93. The maximum absolute atomic E-state index is 2.49. The van der Waals surface area contributed by atoms with Crippen LogP contribution in [0.25, 0.3) is 0 Å². The summed E-state index contributed by atoms with van der Waals surface area (Å²) in [5.41, 5.74) is 0. The SMILES string of the molecule is CCCCCCCCCCC(C)CCI. The van der Waals surface area contributed by atoms with E-state index < -0.39 is 0 Å². The summed E-state index contributed by atoms with van der Waals surface area (Å²) in [5.74, 6) is 0.960. The summed E-state index contributed by atoms with van der Waals surface area (Å²) in [5, 5.41) is 0. The first kappa shape index (κ1) is 15.7. The Morgan fingerprint density at radius 1 is 0.800 bits per heavy atom. The lowest BCUT2D eigenvalue weighted by Gasteiger charge is -2.08. The van der Waals surface area contributed by atoms with Crippen LogP contribution in [0.15, 0.2) is 0 Å². The number of hydrogen-bond acceptors (Lipinski definition) is 0. The summed E-state index contributed by atoms with van der Waals surface area (Å²) in [4.78, 5) is 0. The van der Waals surface area contributed by atoms with Gasteiger partial charge in [0.25, 0.3) is 0 Å². The molecule has 92 valence electrons. The zero-order chi connectivity index (χ0) is 11.4. The minimum absolute atomic E-state index is 0.960. The average Bonchev–Trinajstić information content (AvgIpc) is 2.22. The highest BCUT2D eigenvalue weighted by Gasteiger charge is 2.00. The summed E-state index contributed by atoms with van der Waals surface area (Å²) in [6.07, 6.45) is 14.5. The molecule has 1 atom stereocenters. The molecule has 0 aromatic carbocycles. The first-order valence-electron chi connectivity index (χ1n) is 6.87. The van der Waals surface area contributed by atoms with Crippen LogP contribution >= 0.6 is 22.6 Å². The molecular formula is C14H29I. The standard InChI is InChI=1S/C14H29I/c1-3-4-5-6-7-8-9-10-11-14(2)12-13-15/h14H,3-13H2,1-2H3. The smallest absolute Gasteiger partial charge is 0.000219 e. The Bertz CT molecular complexity index is 112. The van der Waals surface area contributed by atoms with Gasteiger partial charge in [-0.2, -0.15) is 0 Å². The third-order valence-electron chi connectivity index (χ3n) is 3.15. The van der Waals surface area contributed by atoms with Crippen LogP contribution < -0.4 is 0 Å². The molecule has 0 rings (SSSR count). The molecule has 0 aromatic rings. The van der Waals surface area contributed by atoms with Crippen LogP contribution in [0, 0.1) is 5.92 Å². The van der Waals surface area contributed by atoms with Crippen LogP contribution in [-0.4, -0.2) is 4.43 Å². The van der Waals surface area contributed by atoms with Crippen LogP contribution in [0.3, 0.4) is 0 Å². The molecular weight excluding hydrogens is 295 g/mol. The molecule has 1 heteroatoms. The van der Waals surface area contributed by atoms with Crippen molar-refractivity contribution in [2.45, 2.75) is 78.1 Å². The molecule has 0 heterocycles. The Balaban J connectivity index is 2.98. The van der Waals surface area contributed by atoms with Crippen LogP contribution in [0.1, 0.15) is 78.1 Å². The lowest BCUT2D eigenvalue weighted by Crippen LogP contribution is -1.95. The maximum Gasteiger partial charge on any atom is -0.000219 e. The highest BCUT2D eigenvalue weighted by Crippen LogP contribution is 2.15. The molecule has 0 N–H and O–H groups in total. The lowest BCUT2D eigenvalue weighted by atomic mass is 10.00. The minimum atomic E-state index is 0.960. The first-order chi connectivity index (χ1) is 7.31. The molecule has 0 radical (unpaired) electrons. The van der Waals surface area contributed by atoms with Crippen molar-refractivity contribution in [3.05, 3.63) is 0 Å². The summed E-state index contributed by atoms with van der Waals surface area (Å²) in [6, 6.07) is 0. The largest absolute Gasteiger partial charge is 0.0864 e. The van der Waals surface area contributed by atoms with E-state index in [2.05, 4.69) is 36.4 Å². The fraction of sp³-hybridized carbons (Fsp3) is 1.00. The van der Waals surface area contributed by atoms with Crippen molar-refractivity contribution in [2.24, 2.45) is 5.92 Å². The Labute approximate surface area is 111 Å². The summed E-state index contributed by atoms with van der Waals surface area (Å²) in [6.45, 7) is 4.69. The van der Waals surface area contributed by atoms with Gasteiger partial charge in [0.05, 0.1) is 0 Å². The highest BCUT2D eigenvalue weighted by atomic mass is 127. The molecule has 0 aliphatic heterocycles. The molecule has 0 nitrogen and oxygen atoms in total. The zero-order valence-corrected chi connectivity index (χ0v) is 12.9.